The fourth-order valence-electron chi connectivity index (χ4n) is 3.84. The van der Waals surface area contributed by atoms with E-state index in [-0.39, 0.29) is 11.6 Å². The lowest BCUT2D eigenvalue weighted by atomic mass is 10.1. The zero-order valence-corrected chi connectivity index (χ0v) is 17.9. The second kappa shape index (κ2) is 7.51. The number of pyridine rings is 1. The summed E-state index contributed by atoms with van der Waals surface area (Å²) in [5.41, 5.74) is 7.77. The first-order valence-electron chi connectivity index (χ1n) is 10.4. The number of morpholine rings is 1. The van der Waals surface area contributed by atoms with Gasteiger partial charge in [-0.25, -0.2) is 14.5 Å². The Morgan fingerprint density at radius 3 is 2.94 bits per heavy atom. The molecule has 1 aliphatic rings. The van der Waals surface area contributed by atoms with E-state index in [4.69, 9.17) is 19.6 Å². The number of anilines is 1. The number of ether oxygens (including phenoxy) is 2. The summed E-state index contributed by atoms with van der Waals surface area (Å²) in [5.74, 6) is 2.05. The smallest absolute Gasteiger partial charge is 0.231 e. The number of hydrogen-bond acceptors (Lipinski definition) is 8. The van der Waals surface area contributed by atoms with Crippen molar-refractivity contribution >= 4 is 22.4 Å². The highest BCUT2D eigenvalue weighted by Gasteiger charge is 2.29. The van der Waals surface area contributed by atoms with Gasteiger partial charge in [0.05, 0.1) is 23.8 Å². The van der Waals surface area contributed by atoms with Gasteiger partial charge in [0.15, 0.2) is 11.4 Å². The average Bonchev–Trinajstić information content (AvgIpc) is 3.34. The maximum Gasteiger partial charge on any atom is 0.231 e. The zero-order chi connectivity index (χ0) is 21.6. The van der Waals surface area contributed by atoms with Crippen molar-refractivity contribution in [1.29, 1.82) is 0 Å². The van der Waals surface area contributed by atoms with E-state index in [2.05, 4.69) is 33.8 Å². The maximum absolute atomic E-state index is 6.18. The number of hydrogen-bond donors (Lipinski definition) is 1. The number of imidazole rings is 1. The van der Waals surface area contributed by atoms with Crippen molar-refractivity contribution in [2.24, 2.45) is 5.73 Å². The monoisotopic (exact) mass is 422 g/mol. The first-order chi connectivity index (χ1) is 14.9. The summed E-state index contributed by atoms with van der Waals surface area (Å²) in [4.78, 5) is 11.3. The molecule has 162 valence electrons. The second-order valence-corrected chi connectivity index (χ2v) is 8.56. The van der Waals surface area contributed by atoms with Gasteiger partial charge in [0.25, 0.3) is 0 Å². The van der Waals surface area contributed by atoms with Gasteiger partial charge in [-0.1, -0.05) is 0 Å². The minimum absolute atomic E-state index is 0.0776. The molecule has 2 N–H and O–H groups in total. The maximum atomic E-state index is 6.18. The molecule has 1 aliphatic heterocycles. The first kappa shape index (κ1) is 19.8. The van der Waals surface area contributed by atoms with Crippen molar-refractivity contribution in [3.63, 3.8) is 0 Å². The van der Waals surface area contributed by atoms with Gasteiger partial charge in [0.2, 0.25) is 5.88 Å². The van der Waals surface area contributed by atoms with E-state index in [1.54, 1.807) is 23.0 Å². The van der Waals surface area contributed by atoms with Crippen LogP contribution in [-0.2, 0) is 4.74 Å². The topological polar surface area (TPSA) is 104 Å². The van der Waals surface area contributed by atoms with E-state index >= 15 is 0 Å². The second-order valence-electron chi connectivity index (χ2n) is 8.56. The van der Waals surface area contributed by atoms with E-state index in [1.807, 2.05) is 25.1 Å². The van der Waals surface area contributed by atoms with Gasteiger partial charge in [-0.2, -0.15) is 0 Å². The fourth-order valence-corrected chi connectivity index (χ4v) is 3.84. The predicted molar refractivity (Wildman–Crippen MR) is 117 cm³/mol. The van der Waals surface area contributed by atoms with Gasteiger partial charge >= 0.3 is 0 Å². The van der Waals surface area contributed by atoms with Crippen LogP contribution in [0.15, 0.2) is 41.1 Å². The lowest BCUT2D eigenvalue weighted by Crippen LogP contribution is -2.48. The van der Waals surface area contributed by atoms with E-state index in [0.29, 0.717) is 30.5 Å². The Morgan fingerprint density at radius 1 is 1.26 bits per heavy atom. The molecule has 9 heteroatoms. The molecule has 0 aliphatic carbocycles. The average molecular weight is 422 g/mol. The summed E-state index contributed by atoms with van der Waals surface area (Å²) in [6.45, 7) is 8.67. The third-order valence-electron chi connectivity index (χ3n) is 5.23. The number of aromatic nitrogens is 4. The molecule has 0 amide bonds. The normalized spacial score (nSPS) is 17.4. The van der Waals surface area contributed by atoms with Gasteiger partial charge in [-0.15, -0.1) is 5.10 Å². The summed E-state index contributed by atoms with van der Waals surface area (Å²) in [5, 5.41) is 5.51. The van der Waals surface area contributed by atoms with Crippen LogP contribution in [-0.4, -0.2) is 57.5 Å². The third-order valence-corrected chi connectivity index (χ3v) is 5.23. The lowest BCUT2D eigenvalue weighted by Gasteiger charge is -2.38. The molecule has 0 saturated carbocycles. The molecule has 5 heterocycles. The molecule has 1 fully saturated rings. The van der Waals surface area contributed by atoms with Crippen LogP contribution in [0.25, 0.3) is 28.1 Å². The highest BCUT2D eigenvalue weighted by Crippen LogP contribution is 2.34. The molecular formula is C22H26N6O3. The first-order valence-corrected chi connectivity index (χ1v) is 10.4. The fraction of sp³-hybridized carbons (Fsp3) is 0.409. The highest BCUT2D eigenvalue weighted by atomic mass is 16.5. The number of furan rings is 1. The summed E-state index contributed by atoms with van der Waals surface area (Å²) >= 11 is 0. The molecule has 4 aromatic heterocycles. The predicted octanol–water partition coefficient (Wildman–Crippen LogP) is 2.88. The zero-order valence-electron chi connectivity index (χ0n) is 17.9. The molecule has 31 heavy (non-hydrogen) atoms. The molecule has 1 saturated heterocycles. The molecule has 9 nitrogen and oxygen atoms in total. The summed E-state index contributed by atoms with van der Waals surface area (Å²) in [7, 11) is 0. The van der Waals surface area contributed by atoms with Crippen molar-refractivity contribution in [3.05, 3.63) is 36.7 Å². The molecule has 4 aromatic rings. The molecule has 0 radical (unpaired) electrons. The van der Waals surface area contributed by atoms with Crippen LogP contribution in [0.1, 0.15) is 20.8 Å². The van der Waals surface area contributed by atoms with E-state index in [1.165, 1.54) is 0 Å². The van der Waals surface area contributed by atoms with Crippen LogP contribution in [0.3, 0.4) is 0 Å². The molecule has 0 aromatic carbocycles. The number of fused-ring (bicyclic) bond motifs is 2. The van der Waals surface area contributed by atoms with Crippen LogP contribution in [0.5, 0.6) is 5.88 Å². The molecule has 0 bridgehead atoms. The van der Waals surface area contributed by atoms with Gasteiger partial charge < -0.3 is 24.5 Å². The SMILES string of the molecule is CC(N)COc1ccc2ncc(-c3cc4c(N5CCOC(C)(C)C5)nccc4o3)n2n1. The Hall–Kier alpha value is -3.17. The standard InChI is InChI=1S/C22H26N6O3/c1-14(23)12-29-20-5-4-19-25-11-16(28(19)26-20)18-10-15-17(31-18)6-7-24-21(15)27-8-9-30-22(2,3)13-27/h4-7,10-11,14H,8-9,12-13,23H2,1-3H3. The van der Waals surface area contributed by atoms with Crippen LogP contribution in [0.4, 0.5) is 5.82 Å². The highest BCUT2D eigenvalue weighted by molar-refractivity contribution is 5.92. The molecule has 1 unspecified atom stereocenters. The van der Waals surface area contributed by atoms with Crippen LogP contribution in [0, 0.1) is 0 Å². The number of nitrogens with zero attached hydrogens (tertiary/aromatic N) is 5. The van der Waals surface area contributed by atoms with Crippen molar-refractivity contribution in [1.82, 2.24) is 19.6 Å². The quantitative estimate of drug-likeness (QED) is 0.524. The number of nitrogens with two attached hydrogens (primary N) is 1. The molecule has 5 rings (SSSR count). The summed E-state index contributed by atoms with van der Waals surface area (Å²) < 4.78 is 19.4. The Bertz CT molecular complexity index is 1230. The Labute approximate surface area is 179 Å². The van der Waals surface area contributed by atoms with Crippen LogP contribution >= 0.6 is 0 Å². The van der Waals surface area contributed by atoms with Gasteiger partial charge in [0.1, 0.15) is 23.7 Å². The van der Waals surface area contributed by atoms with E-state index < -0.39 is 0 Å². The van der Waals surface area contributed by atoms with Crippen molar-refractivity contribution < 1.29 is 13.9 Å². The van der Waals surface area contributed by atoms with Crippen molar-refractivity contribution in [3.8, 4) is 17.3 Å². The Kier molecular flexibility index (Phi) is 4.79. The Balaban J connectivity index is 1.54. The Morgan fingerprint density at radius 2 is 2.13 bits per heavy atom. The molecule has 0 spiro atoms. The van der Waals surface area contributed by atoms with Gasteiger partial charge in [0, 0.05) is 31.4 Å². The largest absolute Gasteiger partial charge is 0.475 e. The third kappa shape index (κ3) is 3.82. The van der Waals surface area contributed by atoms with Crippen LogP contribution < -0.4 is 15.4 Å². The van der Waals surface area contributed by atoms with Crippen LogP contribution in [0.2, 0.25) is 0 Å². The van der Waals surface area contributed by atoms with Crippen molar-refractivity contribution in [2.45, 2.75) is 32.4 Å². The molecular weight excluding hydrogens is 396 g/mol. The van der Waals surface area contributed by atoms with Gasteiger partial charge in [-0.05, 0) is 39.0 Å². The lowest BCUT2D eigenvalue weighted by molar-refractivity contribution is -0.0278. The summed E-state index contributed by atoms with van der Waals surface area (Å²) in [6.07, 6.45) is 3.53. The summed E-state index contributed by atoms with van der Waals surface area (Å²) in [6, 6.07) is 7.45. The minimum atomic E-state index is -0.225. The van der Waals surface area contributed by atoms with Gasteiger partial charge in [-0.3, -0.25) is 0 Å². The van der Waals surface area contributed by atoms with Crippen molar-refractivity contribution in [2.75, 3.05) is 31.2 Å². The minimum Gasteiger partial charge on any atom is -0.475 e. The number of rotatable bonds is 5. The van der Waals surface area contributed by atoms with E-state index in [0.717, 1.165) is 35.6 Å². The molecule has 1 atom stereocenters. The van der Waals surface area contributed by atoms with E-state index in [9.17, 15) is 0 Å².